The van der Waals surface area contributed by atoms with E-state index in [4.69, 9.17) is 0 Å². The molecule has 0 spiro atoms. The Morgan fingerprint density at radius 3 is 0.368 bits per heavy atom. The van der Waals surface area contributed by atoms with Gasteiger partial charge in [0.2, 0.25) is 0 Å². The van der Waals surface area contributed by atoms with Gasteiger partial charge in [-0.1, -0.05) is 0 Å². The van der Waals surface area contributed by atoms with Crippen molar-refractivity contribution in [2.75, 3.05) is 0 Å². The van der Waals surface area contributed by atoms with E-state index in [0.717, 1.165) is 0 Å². The lowest BCUT2D eigenvalue weighted by Gasteiger charge is -2.49. The maximum Gasteiger partial charge on any atom is 0.385 e. The Morgan fingerprint density at radius 2 is 0.316 bits per heavy atom. The number of hydrogen-bond acceptors (Lipinski definition) is 0. The van der Waals surface area contributed by atoms with E-state index < -0.39 is 35.5 Å². The van der Waals surface area contributed by atoms with Crippen LogP contribution in [-0.2, 0) is 0 Å². The molecule has 0 aromatic carbocycles. The maximum atomic E-state index is 12.3. The minimum atomic E-state index is -7.35. The Balaban J connectivity index is 0.00000324. The summed E-state index contributed by atoms with van der Waals surface area (Å²) in [7, 11) is 0. The third-order valence-electron chi connectivity index (χ3n) is 2.37. The second-order valence-electron chi connectivity index (χ2n) is 3.45. The van der Waals surface area contributed by atoms with Crippen LogP contribution in [0, 0.1) is 0 Å². The molecule has 1 saturated carbocycles. The van der Waals surface area contributed by atoms with Gasteiger partial charge in [-0.05, 0) is 0 Å². The van der Waals surface area contributed by atoms with E-state index >= 15 is 0 Å². The van der Waals surface area contributed by atoms with Crippen LogP contribution in [0.1, 0.15) is 0 Å². The van der Waals surface area contributed by atoms with E-state index in [0.29, 0.717) is 0 Å². The molecule has 0 heterocycles. The lowest BCUT2D eigenvalue weighted by molar-refractivity contribution is -0.506. The van der Waals surface area contributed by atoms with Crippen LogP contribution >= 0.6 is 13.5 Å². The molecule has 13 heteroatoms. The van der Waals surface area contributed by atoms with E-state index in [2.05, 4.69) is 0 Å². The number of alkyl halides is 12. The molecule has 1 rings (SSSR count). The fraction of sp³-hybridized carbons (Fsp3) is 1.00. The van der Waals surface area contributed by atoms with Gasteiger partial charge < -0.3 is 0 Å². The number of rotatable bonds is 0. The summed E-state index contributed by atoms with van der Waals surface area (Å²) >= 11 is 0. The van der Waals surface area contributed by atoms with Crippen LogP contribution in [0.4, 0.5) is 52.7 Å². The zero-order chi connectivity index (χ0) is 15.0. The Hall–Kier alpha value is -0.490. The molecule has 1 aliphatic rings. The predicted molar refractivity (Wildman–Crippen MR) is 40.1 cm³/mol. The van der Waals surface area contributed by atoms with Crippen LogP contribution in [0.15, 0.2) is 0 Å². The second-order valence-corrected chi connectivity index (χ2v) is 3.45. The summed E-state index contributed by atoms with van der Waals surface area (Å²) in [6, 6.07) is 0. The van der Waals surface area contributed by atoms with Gasteiger partial charge in [-0.2, -0.15) is 66.2 Å². The summed E-state index contributed by atoms with van der Waals surface area (Å²) in [6.07, 6.45) is 0. The molecule has 116 valence electrons. The number of hydrogen-bond donors (Lipinski definition) is 0. The van der Waals surface area contributed by atoms with Crippen molar-refractivity contribution < 1.29 is 52.7 Å². The highest BCUT2D eigenvalue weighted by Gasteiger charge is 3.02. The second kappa shape index (κ2) is 3.79. The molecule has 0 unspecified atom stereocenters. The minimum absolute atomic E-state index is 0. The predicted octanol–water partition coefficient (Wildman–Crippen LogP) is 3.92. The summed E-state index contributed by atoms with van der Waals surface area (Å²) in [4.78, 5) is 0. The average molecular weight is 334 g/mol. The van der Waals surface area contributed by atoms with Crippen molar-refractivity contribution in [3.8, 4) is 0 Å². The van der Waals surface area contributed by atoms with Crippen molar-refractivity contribution in [1.29, 1.82) is 0 Å². The molecular formula is C6H2F12S. The van der Waals surface area contributed by atoms with E-state index in [1.165, 1.54) is 0 Å². The molecule has 0 nitrogen and oxygen atoms in total. The van der Waals surface area contributed by atoms with Crippen LogP contribution in [0.25, 0.3) is 0 Å². The van der Waals surface area contributed by atoms with E-state index in [-0.39, 0.29) is 13.5 Å². The van der Waals surface area contributed by atoms with Gasteiger partial charge in [0.15, 0.2) is 0 Å². The van der Waals surface area contributed by atoms with Crippen LogP contribution in [0.3, 0.4) is 0 Å². The topological polar surface area (TPSA) is 0 Å². The molecule has 0 amide bonds. The number of halogens is 12. The first kappa shape index (κ1) is 18.5. The molecule has 0 bridgehead atoms. The normalized spacial score (nSPS) is 32.2. The van der Waals surface area contributed by atoms with Gasteiger partial charge in [-0.3, -0.25) is 0 Å². The van der Waals surface area contributed by atoms with E-state index in [1.807, 2.05) is 0 Å². The van der Waals surface area contributed by atoms with Crippen LogP contribution < -0.4 is 0 Å². The first-order valence-corrected chi connectivity index (χ1v) is 3.77. The SMILES string of the molecule is FC1(F)C(F)(F)C(F)(F)C(F)(F)C(F)(F)C1(F)F.S. The van der Waals surface area contributed by atoms with Crippen molar-refractivity contribution >= 4 is 13.5 Å². The first-order chi connectivity index (χ1) is 7.50. The fourth-order valence-corrected chi connectivity index (χ4v) is 1.18. The highest BCUT2D eigenvalue weighted by atomic mass is 32.1. The van der Waals surface area contributed by atoms with Gasteiger partial charge in [-0.25, -0.2) is 0 Å². The highest BCUT2D eigenvalue weighted by molar-refractivity contribution is 7.59. The van der Waals surface area contributed by atoms with Crippen molar-refractivity contribution in [3.05, 3.63) is 0 Å². The Bertz CT molecular complexity index is 253. The van der Waals surface area contributed by atoms with Crippen molar-refractivity contribution in [2.24, 2.45) is 0 Å². The largest absolute Gasteiger partial charge is 0.385 e. The van der Waals surface area contributed by atoms with Crippen LogP contribution in [-0.4, -0.2) is 35.5 Å². The smallest absolute Gasteiger partial charge is 0.197 e. The van der Waals surface area contributed by atoms with Gasteiger partial charge in [0.25, 0.3) is 0 Å². The standard InChI is InChI=1S/C6F12.H2S/c7-1(8)2(9,10)4(13,14)6(17,18)5(15,16)3(1,11)12;/h;1H2. The molecule has 1 aliphatic carbocycles. The van der Waals surface area contributed by atoms with Crippen LogP contribution in [0.5, 0.6) is 0 Å². The third-order valence-corrected chi connectivity index (χ3v) is 2.37. The molecule has 0 atom stereocenters. The van der Waals surface area contributed by atoms with Gasteiger partial charge in [0.1, 0.15) is 0 Å². The molecule has 0 radical (unpaired) electrons. The molecule has 19 heavy (non-hydrogen) atoms. The molecule has 1 fully saturated rings. The molecule has 0 N–H and O–H groups in total. The van der Waals surface area contributed by atoms with Gasteiger partial charge in [-0.15, -0.1) is 0 Å². The zero-order valence-corrected chi connectivity index (χ0v) is 9.04. The molecule has 0 aromatic rings. The Morgan fingerprint density at radius 1 is 0.263 bits per heavy atom. The zero-order valence-electron chi connectivity index (χ0n) is 8.04. The van der Waals surface area contributed by atoms with E-state index in [1.54, 1.807) is 0 Å². The molecule has 0 aliphatic heterocycles. The highest BCUT2D eigenvalue weighted by Crippen LogP contribution is 2.69. The lowest BCUT2D eigenvalue weighted by Crippen LogP contribution is -2.82. The average Bonchev–Trinajstić information content (AvgIpc) is 2.14. The van der Waals surface area contributed by atoms with Gasteiger partial charge in [0, 0.05) is 0 Å². The minimum Gasteiger partial charge on any atom is -0.197 e. The van der Waals surface area contributed by atoms with Gasteiger partial charge >= 0.3 is 35.5 Å². The maximum absolute atomic E-state index is 12.3. The van der Waals surface area contributed by atoms with E-state index in [9.17, 15) is 52.7 Å². The molecular weight excluding hydrogens is 332 g/mol. The summed E-state index contributed by atoms with van der Waals surface area (Å²) in [6.45, 7) is 0. The summed E-state index contributed by atoms with van der Waals surface area (Å²) in [5, 5.41) is 0. The summed E-state index contributed by atoms with van der Waals surface area (Å²) in [5.41, 5.74) is 0. The fourth-order valence-electron chi connectivity index (χ4n) is 1.18. The molecule has 0 aromatic heterocycles. The Kier molecular flexibility index (Phi) is 3.69. The van der Waals surface area contributed by atoms with Crippen molar-refractivity contribution in [2.45, 2.75) is 35.5 Å². The third kappa shape index (κ3) is 1.47. The van der Waals surface area contributed by atoms with Gasteiger partial charge in [0.05, 0.1) is 0 Å². The Labute approximate surface area is 103 Å². The summed E-state index contributed by atoms with van der Waals surface area (Å²) in [5.74, 6) is -44.1. The first-order valence-electron chi connectivity index (χ1n) is 3.77. The quantitative estimate of drug-likeness (QED) is 0.589. The van der Waals surface area contributed by atoms with Crippen LogP contribution in [0.2, 0.25) is 0 Å². The monoisotopic (exact) mass is 334 g/mol. The van der Waals surface area contributed by atoms with Crippen molar-refractivity contribution in [1.82, 2.24) is 0 Å². The molecule has 0 saturated heterocycles. The summed E-state index contributed by atoms with van der Waals surface area (Å²) < 4.78 is 148. The lowest BCUT2D eigenvalue weighted by atomic mass is 9.80. The van der Waals surface area contributed by atoms with Crippen molar-refractivity contribution in [3.63, 3.8) is 0 Å².